The van der Waals surface area contributed by atoms with Crippen LogP contribution in [0.2, 0.25) is 0 Å². The van der Waals surface area contributed by atoms with Crippen molar-refractivity contribution in [3.8, 4) is 5.88 Å². The van der Waals surface area contributed by atoms with E-state index in [9.17, 15) is 14.7 Å². The summed E-state index contributed by atoms with van der Waals surface area (Å²) in [6, 6.07) is 12.5. The average molecular weight is 451 g/mol. The summed E-state index contributed by atoms with van der Waals surface area (Å²) in [5.74, 6) is -0.415. The number of amides is 1. The highest BCUT2D eigenvalue weighted by Gasteiger charge is 2.18. The largest absolute Gasteiger partial charge is 0.494 e. The van der Waals surface area contributed by atoms with Gasteiger partial charge in [0.05, 0.1) is 35.7 Å². The van der Waals surface area contributed by atoms with Gasteiger partial charge in [-0.1, -0.05) is 13.0 Å². The molecule has 0 bridgehead atoms. The molecule has 0 aliphatic rings. The Labute approximate surface area is 193 Å². The zero-order chi connectivity index (χ0) is 24.1. The van der Waals surface area contributed by atoms with E-state index in [2.05, 4.69) is 4.98 Å². The average Bonchev–Trinajstić information content (AvgIpc) is 3.11. The second-order valence-corrected chi connectivity index (χ2v) is 7.95. The summed E-state index contributed by atoms with van der Waals surface area (Å²) in [5, 5.41) is 11.4. The van der Waals surface area contributed by atoms with Gasteiger partial charge in [-0.2, -0.15) is 0 Å². The molecule has 0 saturated heterocycles. The maximum absolute atomic E-state index is 12.3. The van der Waals surface area contributed by atoms with Gasteiger partial charge < -0.3 is 24.6 Å². The van der Waals surface area contributed by atoms with Gasteiger partial charge in [-0.15, -0.1) is 0 Å². The number of aromatic amines is 1. The minimum absolute atomic E-state index is 0.00255. The Hall–Kier alpha value is -3.65. The fraction of sp³-hybridized carbons (Fsp3) is 0.320. The number of hydrogen-bond donors (Lipinski definition) is 2. The van der Waals surface area contributed by atoms with Crippen LogP contribution in [0.1, 0.15) is 36.2 Å². The highest BCUT2D eigenvalue weighted by Crippen LogP contribution is 2.31. The van der Waals surface area contributed by atoms with E-state index in [0.717, 1.165) is 11.1 Å². The van der Waals surface area contributed by atoms with Gasteiger partial charge in [0.15, 0.2) is 5.88 Å². The Morgan fingerprint density at radius 2 is 1.76 bits per heavy atom. The number of likely N-dealkylation sites (N-methyl/N-ethyl adjacent to an activating group) is 2. The minimum atomic E-state index is -0.409. The van der Waals surface area contributed by atoms with Gasteiger partial charge in [-0.05, 0) is 63.8 Å². The monoisotopic (exact) mass is 450 g/mol. The third kappa shape index (κ3) is 5.40. The number of carbonyl (C=O) groups excluding carboxylic acids is 2. The predicted octanol–water partition coefficient (Wildman–Crippen LogP) is 4.11. The molecule has 0 fully saturated rings. The highest BCUT2D eigenvalue weighted by molar-refractivity contribution is 6.14. The second kappa shape index (κ2) is 10.3. The predicted molar refractivity (Wildman–Crippen MR) is 131 cm³/mol. The lowest BCUT2D eigenvalue weighted by atomic mass is 10.0. The number of benzene rings is 2. The smallest absolute Gasteiger partial charge is 0.338 e. The lowest BCUT2D eigenvalue weighted by Crippen LogP contribution is -2.34. The zero-order valence-electron chi connectivity index (χ0n) is 19.7. The first kappa shape index (κ1) is 24.0. The normalized spacial score (nSPS) is 11.8. The number of aliphatic imine (C=N–C) groups is 1. The van der Waals surface area contributed by atoms with Gasteiger partial charge in [0.2, 0.25) is 5.91 Å². The first-order valence-electron chi connectivity index (χ1n) is 10.9. The fourth-order valence-corrected chi connectivity index (χ4v) is 3.56. The van der Waals surface area contributed by atoms with Gasteiger partial charge >= 0.3 is 5.97 Å². The number of anilines is 1. The Balaban J connectivity index is 1.91. The van der Waals surface area contributed by atoms with Crippen molar-refractivity contribution in [3.63, 3.8) is 0 Å². The molecule has 8 heteroatoms. The number of esters is 1. The van der Waals surface area contributed by atoms with Crippen molar-refractivity contribution in [1.29, 1.82) is 0 Å². The van der Waals surface area contributed by atoms with Crippen molar-refractivity contribution in [2.24, 2.45) is 4.99 Å². The molecule has 0 spiro atoms. The van der Waals surface area contributed by atoms with E-state index in [1.165, 1.54) is 0 Å². The molecular formula is C25H30N4O4. The lowest BCUT2D eigenvalue weighted by molar-refractivity contribution is -0.118. The van der Waals surface area contributed by atoms with Crippen LogP contribution in [-0.4, -0.2) is 66.9 Å². The molecule has 0 saturated carbocycles. The summed E-state index contributed by atoms with van der Waals surface area (Å²) < 4.78 is 5.06. The third-order valence-electron chi connectivity index (χ3n) is 5.24. The molecule has 1 aromatic heterocycles. The summed E-state index contributed by atoms with van der Waals surface area (Å²) in [6.45, 7) is 4.34. The van der Waals surface area contributed by atoms with Crippen molar-refractivity contribution in [3.05, 3.63) is 53.6 Å². The number of carbonyl (C=O) groups is 2. The molecule has 0 unspecified atom stereocenters. The fourth-order valence-electron chi connectivity index (χ4n) is 3.56. The molecule has 0 aliphatic carbocycles. The number of H-pyrrole nitrogens is 1. The summed E-state index contributed by atoms with van der Waals surface area (Å²) in [5.41, 5.74) is 3.83. The summed E-state index contributed by atoms with van der Waals surface area (Å²) in [7, 11) is 5.46. The quantitative estimate of drug-likeness (QED) is 0.398. The van der Waals surface area contributed by atoms with Gasteiger partial charge in [0, 0.05) is 23.6 Å². The first-order valence-corrected chi connectivity index (χ1v) is 10.9. The van der Waals surface area contributed by atoms with Gasteiger partial charge in [-0.3, -0.25) is 9.79 Å². The molecule has 1 heterocycles. The molecule has 3 aromatic rings. The Kier molecular flexibility index (Phi) is 7.50. The van der Waals surface area contributed by atoms with Crippen molar-refractivity contribution in [1.82, 2.24) is 9.88 Å². The molecule has 1 amide bonds. The van der Waals surface area contributed by atoms with E-state index in [-0.39, 0.29) is 11.8 Å². The van der Waals surface area contributed by atoms with Gasteiger partial charge in [0.1, 0.15) is 0 Å². The van der Waals surface area contributed by atoms with Crippen LogP contribution in [0.3, 0.4) is 0 Å². The number of aromatic nitrogens is 1. The maximum Gasteiger partial charge on any atom is 0.338 e. The first-order chi connectivity index (χ1) is 15.7. The molecule has 2 N–H and O–H groups in total. The van der Waals surface area contributed by atoms with Crippen molar-refractivity contribution >= 4 is 39.9 Å². The highest BCUT2D eigenvalue weighted by atomic mass is 16.5. The maximum atomic E-state index is 12.3. The SMILES string of the molecule is CCOC(=O)c1ccc2c(C(CC)=Nc3ccc(N(C)C(=O)CN(C)C)cc3)c(O)[nH]c2c1. The molecule has 2 aromatic carbocycles. The van der Waals surface area contributed by atoms with Crippen LogP contribution in [-0.2, 0) is 9.53 Å². The Morgan fingerprint density at radius 1 is 1.06 bits per heavy atom. The number of fused-ring (bicyclic) bond motifs is 1. The van der Waals surface area contributed by atoms with Crippen LogP contribution in [0.25, 0.3) is 10.9 Å². The van der Waals surface area contributed by atoms with E-state index in [1.54, 1.807) is 37.1 Å². The molecule has 33 heavy (non-hydrogen) atoms. The van der Waals surface area contributed by atoms with Crippen LogP contribution in [0, 0.1) is 0 Å². The third-order valence-corrected chi connectivity index (χ3v) is 5.24. The van der Waals surface area contributed by atoms with Crippen LogP contribution in [0.15, 0.2) is 47.5 Å². The Bertz CT molecular complexity index is 1180. The zero-order valence-corrected chi connectivity index (χ0v) is 19.7. The van der Waals surface area contributed by atoms with Crippen LogP contribution >= 0.6 is 0 Å². The van der Waals surface area contributed by atoms with E-state index >= 15 is 0 Å². The van der Waals surface area contributed by atoms with Crippen LogP contribution in [0.5, 0.6) is 5.88 Å². The van der Waals surface area contributed by atoms with Crippen molar-refractivity contribution in [2.45, 2.75) is 20.3 Å². The summed E-state index contributed by atoms with van der Waals surface area (Å²) >= 11 is 0. The standard InChI is InChI=1S/C25H30N4O4/c1-6-20(26-17-9-11-18(12-10-17)29(5)22(30)15-28(3)4)23-19-13-8-16(25(32)33-7-2)14-21(19)27-24(23)31/h8-14,27,31H,6-7,15H2,1-5H3. The number of hydrogen-bond acceptors (Lipinski definition) is 6. The van der Waals surface area contributed by atoms with E-state index in [1.807, 2.05) is 50.2 Å². The molecule has 174 valence electrons. The number of aromatic hydroxyl groups is 1. The molecule has 3 rings (SSSR count). The van der Waals surface area contributed by atoms with Crippen LogP contribution in [0.4, 0.5) is 11.4 Å². The number of ether oxygens (including phenoxy) is 1. The van der Waals surface area contributed by atoms with Gasteiger partial charge in [-0.25, -0.2) is 4.79 Å². The molecule has 0 aliphatic heterocycles. The number of nitrogens with zero attached hydrogens (tertiary/aromatic N) is 3. The van der Waals surface area contributed by atoms with Crippen molar-refractivity contribution < 1.29 is 19.4 Å². The van der Waals surface area contributed by atoms with Crippen LogP contribution < -0.4 is 4.90 Å². The molecule has 8 nitrogen and oxygen atoms in total. The topological polar surface area (TPSA) is 98.2 Å². The van der Waals surface area contributed by atoms with E-state index in [4.69, 9.17) is 9.73 Å². The number of rotatable bonds is 8. The number of nitrogens with one attached hydrogen (secondary N) is 1. The van der Waals surface area contributed by atoms with E-state index < -0.39 is 5.97 Å². The molecule has 0 radical (unpaired) electrons. The van der Waals surface area contributed by atoms with Gasteiger partial charge in [0.25, 0.3) is 0 Å². The minimum Gasteiger partial charge on any atom is -0.494 e. The Morgan fingerprint density at radius 3 is 2.36 bits per heavy atom. The second-order valence-electron chi connectivity index (χ2n) is 7.95. The lowest BCUT2D eigenvalue weighted by Gasteiger charge is -2.19. The van der Waals surface area contributed by atoms with E-state index in [0.29, 0.717) is 47.6 Å². The summed E-state index contributed by atoms with van der Waals surface area (Å²) in [4.78, 5) is 35.4. The summed E-state index contributed by atoms with van der Waals surface area (Å²) in [6.07, 6.45) is 0.586. The van der Waals surface area contributed by atoms with Crippen molar-refractivity contribution in [2.75, 3.05) is 39.2 Å². The molecular weight excluding hydrogens is 420 g/mol. The molecule has 0 atom stereocenters.